The maximum absolute atomic E-state index is 14.2. The van der Waals surface area contributed by atoms with E-state index in [0.717, 1.165) is 32.1 Å². The van der Waals surface area contributed by atoms with E-state index in [1.807, 2.05) is 27.7 Å². The van der Waals surface area contributed by atoms with Crippen molar-refractivity contribution in [3.05, 3.63) is 36.9 Å². The second-order valence-corrected chi connectivity index (χ2v) is 14.9. The van der Waals surface area contributed by atoms with E-state index in [2.05, 4.69) is 51.7 Å². The molecule has 1 saturated carbocycles. The first-order chi connectivity index (χ1) is 23.2. The molecule has 2 fully saturated rings. The van der Waals surface area contributed by atoms with Gasteiger partial charge in [0.15, 0.2) is 0 Å². The number of carbonyl (C=O) groups excluding carboxylic acids is 5. The SMILES string of the molecule is C=CCNC(=O)C(=O)C(CCC)NC(=O)[C@@H]1C[C@@H](C(C)C)CN1C(O)[C@@H](NC(=O)[C@@H](NC(=O)c1cnccn1)C1CCCCC1)C(C)(C)C. The van der Waals surface area contributed by atoms with Gasteiger partial charge in [-0.3, -0.25) is 33.9 Å². The van der Waals surface area contributed by atoms with E-state index in [0.29, 0.717) is 19.4 Å². The van der Waals surface area contributed by atoms with Crippen LogP contribution in [0.2, 0.25) is 0 Å². The van der Waals surface area contributed by atoms with E-state index in [4.69, 9.17) is 0 Å². The first-order valence-corrected chi connectivity index (χ1v) is 17.7. The van der Waals surface area contributed by atoms with Crippen molar-refractivity contribution in [3.8, 4) is 0 Å². The molecular weight excluding hydrogens is 626 g/mol. The summed E-state index contributed by atoms with van der Waals surface area (Å²) in [6.45, 7) is 15.7. The molecule has 0 aromatic carbocycles. The topological polar surface area (TPSA) is 183 Å². The van der Waals surface area contributed by atoms with Gasteiger partial charge in [0.2, 0.25) is 17.6 Å². The minimum Gasteiger partial charge on any atom is -0.376 e. The third-order valence-electron chi connectivity index (χ3n) is 9.81. The van der Waals surface area contributed by atoms with Gasteiger partial charge < -0.3 is 26.4 Å². The fourth-order valence-electron chi connectivity index (χ4n) is 6.83. The largest absolute Gasteiger partial charge is 0.376 e. The Bertz CT molecular complexity index is 1290. The number of nitrogens with zero attached hydrogens (tertiary/aromatic N) is 3. The van der Waals surface area contributed by atoms with Gasteiger partial charge in [0, 0.05) is 25.5 Å². The zero-order chi connectivity index (χ0) is 36.3. The van der Waals surface area contributed by atoms with Crippen LogP contribution in [0.3, 0.4) is 0 Å². The van der Waals surface area contributed by atoms with E-state index >= 15 is 0 Å². The maximum atomic E-state index is 14.2. The van der Waals surface area contributed by atoms with E-state index in [9.17, 15) is 29.1 Å². The zero-order valence-corrected chi connectivity index (χ0v) is 30.0. The van der Waals surface area contributed by atoms with Crippen molar-refractivity contribution in [2.75, 3.05) is 13.1 Å². The van der Waals surface area contributed by atoms with Crippen LogP contribution in [0.4, 0.5) is 0 Å². The number of hydrogen-bond donors (Lipinski definition) is 5. The molecule has 13 heteroatoms. The molecule has 3 rings (SSSR count). The van der Waals surface area contributed by atoms with Crippen molar-refractivity contribution < 1.29 is 29.1 Å². The number of aliphatic hydroxyl groups is 1. The van der Waals surface area contributed by atoms with Crippen LogP contribution in [0, 0.1) is 23.2 Å². The van der Waals surface area contributed by atoms with Crippen molar-refractivity contribution in [2.45, 2.75) is 123 Å². The van der Waals surface area contributed by atoms with Crippen LogP contribution >= 0.6 is 0 Å². The molecule has 1 aromatic rings. The van der Waals surface area contributed by atoms with Crippen molar-refractivity contribution in [1.82, 2.24) is 36.1 Å². The lowest BCUT2D eigenvalue weighted by molar-refractivity contribution is -0.142. The van der Waals surface area contributed by atoms with E-state index < -0.39 is 65.2 Å². The van der Waals surface area contributed by atoms with Crippen LogP contribution in [-0.2, 0) is 19.2 Å². The monoisotopic (exact) mass is 683 g/mol. The quantitative estimate of drug-likeness (QED) is 0.129. The van der Waals surface area contributed by atoms with Crippen LogP contribution in [0.25, 0.3) is 0 Å². The number of rotatable bonds is 16. The molecular formula is C36H57N7O6. The first kappa shape index (κ1) is 39.7. The highest BCUT2D eigenvalue weighted by Gasteiger charge is 2.47. The molecule has 0 spiro atoms. The third-order valence-corrected chi connectivity index (χ3v) is 9.81. The summed E-state index contributed by atoms with van der Waals surface area (Å²) in [6.07, 6.45) is 10.2. The molecule has 5 N–H and O–H groups in total. The molecule has 1 aromatic heterocycles. The molecule has 1 aliphatic heterocycles. The summed E-state index contributed by atoms with van der Waals surface area (Å²) in [4.78, 5) is 76.5. The lowest BCUT2D eigenvalue weighted by Gasteiger charge is -2.42. The minimum atomic E-state index is -1.28. The first-order valence-electron chi connectivity index (χ1n) is 17.7. The summed E-state index contributed by atoms with van der Waals surface area (Å²) in [7, 11) is 0. The summed E-state index contributed by atoms with van der Waals surface area (Å²) in [5.74, 6) is -2.75. The van der Waals surface area contributed by atoms with Gasteiger partial charge in [0.1, 0.15) is 18.0 Å². The second-order valence-electron chi connectivity index (χ2n) is 14.9. The summed E-state index contributed by atoms with van der Waals surface area (Å²) >= 11 is 0. The van der Waals surface area contributed by atoms with Crippen molar-refractivity contribution in [3.63, 3.8) is 0 Å². The number of aliphatic hydroxyl groups excluding tert-OH is 1. The Morgan fingerprint density at radius 1 is 1.04 bits per heavy atom. The molecule has 4 amide bonds. The van der Waals surface area contributed by atoms with Crippen LogP contribution in [-0.4, -0.2) is 92.9 Å². The fraction of sp³-hybridized carbons (Fsp3) is 0.694. The Labute approximate surface area is 290 Å². The molecule has 2 unspecified atom stereocenters. The van der Waals surface area contributed by atoms with E-state index in [1.165, 1.54) is 24.7 Å². The number of nitrogens with one attached hydrogen (secondary N) is 4. The number of likely N-dealkylation sites (tertiary alicyclic amines) is 1. The number of Topliss-reactive ketones (excluding diaryl/α,β-unsaturated/α-hetero) is 1. The Kier molecular flexibility index (Phi) is 14.9. The Morgan fingerprint density at radius 2 is 1.73 bits per heavy atom. The summed E-state index contributed by atoms with van der Waals surface area (Å²) in [5, 5.41) is 23.3. The van der Waals surface area contributed by atoms with Crippen LogP contribution < -0.4 is 21.3 Å². The normalized spacial score (nSPS) is 21.2. The maximum Gasteiger partial charge on any atom is 0.289 e. The Hall–Kier alpha value is -3.71. The van der Waals surface area contributed by atoms with Crippen LogP contribution in [0.15, 0.2) is 31.2 Å². The standard InChI is InChI=1S/C36H57N7O6/c1-8-13-25(29(44)34(48)39-16-9-2)40-32(46)27-19-24(22(3)4)21-43(27)35(49)30(36(5,6)7)42-33(47)28(23-14-11-10-12-15-23)41-31(45)26-20-37-17-18-38-26/h9,17-18,20,22-25,27-28,30,35,49H,2,8,10-16,19,21H2,1,3-7H3,(H,39,48)(H,40,46)(H,41,45)(H,42,47)/t24-,25?,27+,28+,30-,35?/m1/s1. The molecule has 0 bridgehead atoms. The van der Waals surface area contributed by atoms with Gasteiger partial charge in [-0.05, 0) is 48.9 Å². The third kappa shape index (κ3) is 10.9. The molecule has 0 radical (unpaired) electrons. The highest BCUT2D eigenvalue weighted by Crippen LogP contribution is 2.34. The summed E-state index contributed by atoms with van der Waals surface area (Å²) in [5.41, 5.74) is -0.561. The number of hydrogen-bond acceptors (Lipinski definition) is 9. The molecule has 49 heavy (non-hydrogen) atoms. The predicted octanol–water partition coefficient (Wildman–Crippen LogP) is 2.51. The van der Waals surface area contributed by atoms with Gasteiger partial charge in [-0.2, -0.15) is 0 Å². The average Bonchev–Trinajstić information content (AvgIpc) is 3.54. The Balaban J connectivity index is 1.87. The average molecular weight is 684 g/mol. The molecule has 272 valence electrons. The van der Waals surface area contributed by atoms with Gasteiger partial charge in [0.25, 0.3) is 11.8 Å². The highest BCUT2D eigenvalue weighted by atomic mass is 16.3. The van der Waals surface area contributed by atoms with Gasteiger partial charge in [-0.25, -0.2) is 4.98 Å². The zero-order valence-electron chi connectivity index (χ0n) is 30.0. The number of aromatic nitrogens is 2. The summed E-state index contributed by atoms with van der Waals surface area (Å²) in [6, 6.07) is -3.52. The molecule has 2 heterocycles. The van der Waals surface area contributed by atoms with Gasteiger partial charge in [-0.1, -0.05) is 73.3 Å². The van der Waals surface area contributed by atoms with Gasteiger partial charge in [0.05, 0.1) is 24.3 Å². The lowest BCUT2D eigenvalue weighted by atomic mass is 9.81. The van der Waals surface area contributed by atoms with Crippen molar-refractivity contribution in [1.29, 1.82) is 0 Å². The number of carbonyl (C=O) groups is 5. The highest BCUT2D eigenvalue weighted by molar-refractivity contribution is 6.38. The number of amides is 4. The van der Waals surface area contributed by atoms with Crippen LogP contribution in [0.5, 0.6) is 0 Å². The van der Waals surface area contributed by atoms with Crippen molar-refractivity contribution in [2.24, 2.45) is 23.2 Å². The van der Waals surface area contributed by atoms with E-state index in [1.54, 1.807) is 4.90 Å². The lowest BCUT2D eigenvalue weighted by Crippen LogP contribution is -2.63. The molecule has 1 saturated heterocycles. The molecule has 2 aliphatic rings. The second kappa shape index (κ2) is 18.3. The van der Waals surface area contributed by atoms with Gasteiger partial charge in [-0.15, -0.1) is 6.58 Å². The number of ketones is 1. The smallest absolute Gasteiger partial charge is 0.289 e. The predicted molar refractivity (Wildman–Crippen MR) is 186 cm³/mol. The molecule has 1 aliphatic carbocycles. The van der Waals surface area contributed by atoms with E-state index in [-0.39, 0.29) is 36.4 Å². The van der Waals surface area contributed by atoms with Crippen molar-refractivity contribution >= 4 is 29.4 Å². The minimum absolute atomic E-state index is 0.0548. The van der Waals surface area contributed by atoms with Gasteiger partial charge >= 0.3 is 0 Å². The molecule has 6 atom stereocenters. The fourth-order valence-corrected chi connectivity index (χ4v) is 6.83. The Morgan fingerprint density at radius 3 is 2.31 bits per heavy atom. The van der Waals surface area contributed by atoms with Crippen LogP contribution in [0.1, 0.15) is 103 Å². The molecule has 13 nitrogen and oxygen atoms in total. The summed E-state index contributed by atoms with van der Waals surface area (Å²) < 4.78 is 0.